The molecule has 0 unspecified atom stereocenters. The Hall–Kier alpha value is -1.59. The number of alkyl halides is 3. The molecule has 0 saturated heterocycles. The molecule has 1 aromatic heterocycles. The second-order valence-corrected chi connectivity index (χ2v) is 5.24. The van der Waals surface area contributed by atoms with Crippen LogP contribution >= 0.6 is 11.6 Å². The summed E-state index contributed by atoms with van der Waals surface area (Å²) < 4.78 is 38.6. The lowest BCUT2D eigenvalue weighted by molar-refractivity contribution is -0.142. The van der Waals surface area contributed by atoms with E-state index in [1.165, 1.54) is 12.1 Å². The lowest BCUT2D eigenvalue weighted by atomic mass is 10.1. The van der Waals surface area contributed by atoms with Gasteiger partial charge in [-0.3, -0.25) is 9.88 Å². The average Bonchev–Trinajstić information content (AvgIpc) is 2.41. The van der Waals surface area contributed by atoms with Crippen molar-refractivity contribution in [1.82, 2.24) is 9.88 Å². The van der Waals surface area contributed by atoms with Crippen molar-refractivity contribution in [3.63, 3.8) is 0 Å². The van der Waals surface area contributed by atoms with Crippen LogP contribution < -0.4 is 0 Å². The smallest absolute Gasteiger partial charge is 0.298 e. The van der Waals surface area contributed by atoms with Crippen LogP contribution in [0.5, 0.6) is 0 Å². The normalized spacial score (nSPS) is 11.9. The molecule has 0 aliphatic heterocycles. The first-order valence-electron chi connectivity index (χ1n) is 6.30. The van der Waals surface area contributed by atoms with Crippen molar-refractivity contribution in [3.05, 3.63) is 64.4 Å². The second-order valence-electron chi connectivity index (χ2n) is 4.81. The molecule has 0 fully saturated rings. The monoisotopic (exact) mass is 314 g/mol. The van der Waals surface area contributed by atoms with Gasteiger partial charge < -0.3 is 0 Å². The van der Waals surface area contributed by atoms with Gasteiger partial charge >= 0.3 is 6.18 Å². The van der Waals surface area contributed by atoms with E-state index in [1.54, 1.807) is 24.1 Å². The van der Waals surface area contributed by atoms with Crippen LogP contribution in [-0.2, 0) is 19.3 Å². The fourth-order valence-electron chi connectivity index (χ4n) is 2.07. The predicted molar refractivity (Wildman–Crippen MR) is 75.9 cm³/mol. The molecule has 2 rings (SSSR count). The third-order valence-corrected chi connectivity index (χ3v) is 3.22. The van der Waals surface area contributed by atoms with E-state index in [9.17, 15) is 13.2 Å². The summed E-state index contributed by atoms with van der Waals surface area (Å²) in [5.41, 5.74) is 0.328. The Labute approximate surface area is 126 Å². The number of aromatic nitrogens is 1. The van der Waals surface area contributed by atoms with Crippen LogP contribution in [0.4, 0.5) is 13.2 Å². The average molecular weight is 315 g/mol. The Morgan fingerprint density at radius 1 is 1.10 bits per heavy atom. The molecule has 0 atom stereocenters. The maximum Gasteiger partial charge on any atom is 0.433 e. The lowest BCUT2D eigenvalue weighted by Gasteiger charge is -2.19. The molecule has 2 nitrogen and oxygen atoms in total. The summed E-state index contributed by atoms with van der Waals surface area (Å²) in [6.07, 6.45) is -3.27. The maximum atomic E-state index is 12.9. The Morgan fingerprint density at radius 2 is 1.76 bits per heavy atom. The molecule has 0 saturated carbocycles. The summed E-state index contributed by atoms with van der Waals surface area (Å²) in [6.45, 7) is 0.703. The highest BCUT2D eigenvalue weighted by molar-refractivity contribution is 6.30. The molecule has 0 aliphatic carbocycles. The van der Waals surface area contributed by atoms with Gasteiger partial charge in [-0.25, -0.2) is 0 Å². The zero-order valence-electron chi connectivity index (χ0n) is 11.4. The minimum Gasteiger partial charge on any atom is -0.298 e. The van der Waals surface area contributed by atoms with E-state index in [2.05, 4.69) is 4.98 Å². The van der Waals surface area contributed by atoms with Gasteiger partial charge in [-0.2, -0.15) is 13.2 Å². The molecule has 0 bridgehead atoms. The van der Waals surface area contributed by atoms with E-state index >= 15 is 0 Å². The number of rotatable bonds is 4. The van der Waals surface area contributed by atoms with Crippen LogP contribution in [0.3, 0.4) is 0 Å². The molecule has 0 N–H and O–H groups in total. The summed E-state index contributed by atoms with van der Waals surface area (Å²) in [6, 6.07) is 10.2. The van der Waals surface area contributed by atoms with Crippen LogP contribution in [0.25, 0.3) is 0 Å². The van der Waals surface area contributed by atoms with Crippen molar-refractivity contribution in [2.45, 2.75) is 19.3 Å². The van der Waals surface area contributed by atoms with Gasteiger partial charge in [0.05, 0.1) is 0 Å². The summed E-state index contributed by atoms with van der Waals surface area (Å²) in [7, 11) is 1.77. The number of hydrogen-bond donors (Lipinski definition) is 0. The first-order valence-corrected chi connectivity index (χ1v) is 6.68. The molecule has 2 aromatic rings. The van der Waals surface area contributed by atoms with E-state index in [1.807, 2.05) is 12.1 Å². The Balaban J connectivity index is 2.09. The van der Waals surface area contributed by atoms with E-state index in [4.69, 9.17) is 11.6 Å². The molecular weight excluding hydrogens is 301 g/mol. The highest BCUT2D eigenvalue weighted by atomic mass is 35.5. The number of nitrogens with zero attached hydrogens (tertiary/aromatic N) is 2. The summed E-state index contributed by atoms with van der Waals surface area (Å²) in [4.78, 5) is 5.25. The van der Waals surface area contributed by atoms with Crippen LogP contribution in [0.2, 0.25) is 5.02 Å². The molecule has 6 heteroatoms. The standard InChI is InChI=1S/C15H14ClF3N2/c1-21(9-11-4-6-13(16)7-5-11)10-12-3-2-8-20-14(12)15(17,18)19/h2-8H,9-10H2,1H3. The van der Waals surface area contributed by atoms with Crippen molar-refractivity contribution >= 4 is 11.6 Å². The van der Waals surface area contributed by atoms with Crippen LogP contribution in [0, 0.1) is 0 Å². The zero-order valence-corrected chi connectivity index (χ0v) is 12.1. The van der Waals surface area contributed by atoms with Crippen molar-refractivity contribution in [2.75, 3.05) is 7.05 Å². The molecule has 112 valence electrons. The van der Waals surface area contributed by atoms with Gasteiger partial charge in [0.15, 0.2) is 0 Å². The fourth-order valence-corrected chi connectivity index (χ4v) is 2.20. The van der Waals surface area contributed by atoms with Crippen molar-refractivity contribution in [3.8, 4) is 0 Å². The second kappa shape index (κ2) is 6.45. The minimum absolute atomic E-state index is 0.168. The van der Waals surface area contributed by atoms with Gasteiger partial charge in [-0.1, -0.05) is 29.8 Å². The largest absolute Gasteiger partial charge is 0.433 e. The highest BCUT2D eigenvalue weighted by Crippen LogP contribution is 2.30. The van der Waals surface area contributed by atoms with Crippen molar-refractivity contribution in [1.29, 1.82) is 0 Å². The number of benzene rings is 1. The van der Waals surface area contributed by atoms with Gasteiger partial charge in [-0.05, 0) is 36.4 Å². The first-order chi connectivity index (χ1) is 9.86. The molecular formula is C15H14ClF3N2. The molecule has 1 heterocycles. The SMILES string of the molecule is CN(Cc1ccc(Cl)cc1)Cc1cccnc1C(F)(F)F. The van der Waals surface area contributed by atoms with Crippen LogP contribution in [-0.4, -0.2) is 16.9 Å². The zero-order chi connectivity index (χ0) is 15.5. The van der Waals surface area contributed by atoms with Gasteiger partial charge in [0.25, 0.3) is 0 Å². The van der Waals surface area contributed by atoms with Crippen molar-refractivity contribution < 1.29 is 13.2 Å². The summed E-state index contributed by atoms with van der Waals surface area (Å²) >= 11 is 5.80. The number of hydrogen-bond acceptors (Lipinski definition) is 2. The molecule has 0 aliphatic rings. The van der Waals surface area contributed by atoms with Crippen LogP contribution in [0.15, 0.2) is 42.6 Å². The van der Waals surface area contributed by atoms with Crippen molar-refractivity contribution in [2.24, 2.45) is 0 Å². The maximum absolute atomic E-state index is 12.9. The summed E-state index contributed by atoms with van der Waals surface area (Å²) in [5.74, 6) is 0. The topological polar surface area (TPSA) is 16.1 Å². The lowest BCUT2D eigenvalue weighted by Crippen LogP contribution is -2.21. The Kier molecular flexibility index (Phi) is 4.85. The predicted octanol–water partition coefficient (Wildman–Crippen LogP) is 4.39. The third-order valence-electron chi connectivity index (χ3n) is 2.97. The van der Waals surface area contributed by atoms with E-state index in [0.29, 0.717) is 11.6 Å². The fraction of sp³-hybridized carbons (Fsp3) is 0.267. The number of halogens is 4. The summed E-state index contributed by atoms with van der Waals surface area (Å²) in [5, 5.41) is 0.632. The van der Waals surface area contributed by atoms with Gasteiger partial charge in [0, 0.05) is 24.3 Å². The molecule has 0 spiro atoms. The third kappa shape index (κ3) is 4.44. The first kappa shape index (κ1) is 15.8. The van der Waals surface area contributed by atoms with Gasteiger partial charge in [-0.15, -0.1) is 0 Å². The molecule has 0 radical (unpaired) electrons. The Morgan fingerprint density at radius 3 is 2.38 bits per heavy atom. The van der Waals surface area contributed by atoms with Crippen LogP contribution in [0.1, 0.15) is 16.8 Å². The van der Waals surface area contributed by atoms with E-state index < -0.39 is 11.9 Å². The molecule has 0 amide bonds. The van der Waals surface area contributed by atoms with Gasteiger partial charge in [0.1, 0.15) is 5.69 Å². The number of pyridine rings is 1. The molecule has 21 heavy (non-hydrogen) atoms. The van der Waals surface area contributed by atoms with Gasteiger partial charge in [0.2, 0.25) is 0 Å². The minimum atomic E-state index is -4.43. The van der Waals surface area contributed by atoms with E-state index in [0.717, 1.165) is 11.8 Å². The quantitative estimate of drug-likeness (QED) is 0.832. The Bertz CT molecular complexity index is 597. The highest BCUT2D eigenvalue weighted by Gasteiger charge is 2.35. The molecule has 1 aromatic carbocycles. The van der Waals surface area contributed by atoms with E-state index in [-0.39, 0.29) is 12.1 Å².